The third-order valence-electron chi connectivity index (χ3n) is 1.73. The van der Waals surface area contributed by atoms with E-state index in [1.807, 2.05) is 0 Å². The second-order valence-electron chi connectivity index (χ2n) is 2.62. The van der Waals surface area contributed by atoms with E-state index in [0.29, 0.717) is 22.0 Å². The zero-order chi connectivity index (χ0) is 10.6. The fraction of sp³-hybridized carbons (Fsp3) is 0.100. The van der Waals surface area contributed by atoms with Gasteiger partial charge in [0.2, 0.25) is 0 Å². The molecule has 74 valence electrons. The molecule has 1 aromatic carbocycles. The molecule has 1 aromatic rings. The van der Waals surface area contributed by atoms with E-state index in [2.05, 4.69) is 0 Å². The van der Waals surface area contributed by atoms with Crippen molar-refractivity contribution in [1.29, 1.82) is 5.41 Å². The van der Waals surface area contributed by atoms with Crippen molar-refractivity contribution in [3.63, 3.8) is 0 Å². The second kappa shape index (κ2) is 4.67. The lowest BCUT2D eigenvalue weighted by Crippen LogP contribution is -1.96. The molecule has 0 saturated carbocycles. The van der Waals surface area contributed by atoms with Gasteiger partial charge in [0.05, 0.1) is 17.8 Å². The van der Waals surface area contributed by atoms with Crippen molar-refractivity contribution in [3.8, 4) is 5.75 Å². The lowest BCUT2D eigenvalue weighted by molar-refractivity contribution is 0.415. The highest BCUT2D eigenvalue weighted by atomic mass is 35.5. The Balaban J connectivity index is 3.02. The summed E-state index contributed by atoms with van der Waals surface area (Å²) in [4.78, 5) is 0. The number of rotatable bonds is 3. The van der Waals surface area contributed by atoms with E-state index in [1.165, 1.54) is 12.3 Å². The molecule has 3 N–H and O–H groups in total. The van der Waals surface area contributed by atoms with Gasteiger partial charge in [-0.1, -0.05) is 11.6 Å². The molecule has 14 heavy (non-hydrogen) atoms. The Hall–Kier alpha value is -1.48. The van der Waals surface area contributed by atoms with Crippen molar-refractivity contribution in [3.05, 3.63) is 41.1 Å². The Morgan fingerprint density at radius 3 is 2.79 bits per heavy atom. The molecule has 0 aliphatic carbocycles. The van der Waals surface area contributed by atoms with Crippen LogP contribution in [0.15, 0.2) is 30.5 Å². The summed E-state index contributed by atoms with van der Waals surface area (Å²) in [7, 11) is 1.55. The molecule has 0 aliphatic rings. The molecule has 0 amide bonds. The predicted molar refractivity (Wildman–Crippen MR) is 58.2 cm³/mol. The highest BCUT2D eigenvalue weighted by Crippen LogP contribution is 2.25. The van der Waals surface area contributed by atoms with Gasteiger partial charge >= 0.3 is 0 Å². The summed E-state index contributed by atoms with van der Waals surface area (Å²) in [6, 6.07) is 5.15. The highest BCUT2D eigenvalue weighted by molar-refractivity contribution is 6.32. The van der Waals surface area contributed by atoms with E-state index in [-0.39, 0.29) is 0 Å². The first-order valence-electron chi connectivity index (χ1n) is 3.99. The number of allylic oxidation sites excluding steroid dienone is 1. The molecule has 0 radical (unpaired) electrons. The number of ether oxygens (including phenoxy) is 1. The van der Waals surface area contributed by atoms with Crippen LogP contribution in [0, 0.1) is 5.41 Å². The van der Waals surface area contributed by atoms with E-state index in [9.17, 15) is 0 Å². The maximum atomic E-state index is 7.59. The number of hydrogen-bond acceptors (Lipinski definition) is 3. The number of methoxy groups -OCH3 is 1. The van der Waals surface area contributed by atoms with Crippen molar-refractivity contribution in [2.75, 3.05) is 7.11 Å². The number of benzene rings is 1. The SMILES string of the molecule is COc1ccc(C(=N)/C=C\N)cc1Cl. The Labute approximate surface area is 87.6 Å². The van der Waals surface area contributed by atoms with E-state index >= 15 is 0 Å². The van der Waals surface area contributed by atoms with Crippen molar-refractivity contribution >= 4 is 17.3 Å². The fourth-order valence-electron chi connectivity index (χ4n) is 1.03. The number of halogens is 1. The van der Waals surface area contributed by atoms with Gasteiger partial charge in [-0.25, -0.2) is 0 Å². The largest absolute Gasteiger partial charge is 0.495 e. The normalized spacial score (nSPS) is 10.4. The first-order chi connectivity index (χ1) is 6.69. The van der Waals surface area contributed by atoms with Crippen LogP contribution < -0.4 is 10.5 Å². The minimum atomic E-state index is 0.317. The smallest absolute Gasteiger partial charge is 0.137 e. The van der Waals surface area contributed by atoms with E-state index in [0.717, 1.165) is 0 Å². The summed E-state index contributed by atoms with van der Waals surface area (Å²) < 4.78 is 4.99. The summed E-state index contributed by atoms with van der Waals surface area (Å²) in [5, 5.41) is 8.07. The first-order valence-corrected chi connectivity index (χ1v) is 4.37. The average Bonchev–Trinajstić information content (AvgIpc) is 2.18. The Bertz CT molecular complexity index is 374. The minimum Gasteiger partial charge on any atom is -0.495 e. The third-order valence-corrected chi connectivity index (χ3v) is 2.02. The van der Waals surface area contributed by atoms with Crippen molar-refractivity contribution in [2.45, 2.75) is 0 Å². The molecule has 4 heteroatoms. The topological polar surface area (TPSA) is 59.1 Å². The molecule has 0 bridgehead atoms. The van der Waals surface area contributed by atoms with Gasteiger partial charge in [-0.3, -0.25) is 0 Å². The molecular weight excluding hydrogens is 200 g/mol. The summed E-state index contributed by atoms with van der Waals surface area (Å²) in [6.45, 7) is 0. The second-order valence-corrected chi connectivity index (χ2v) is 3.03. The van der Waals surface area contributed by atoms with Gasteiger partial charge < -0.3 is 15.9 Å². The summed E-state index contributed by atoms with van der Waals surface area (Å²) in [5.74, 6) is 0.597. The predicted octanol–water partition coefficient (Wildman–Crippen LogP) is 2.19. The van der Waals surface area contributed by atoms with Gasteiger partial charge in [-0.05, 0) is 30.5 Å². The lowest BCUT2D eigenvalue weighted by Gasteiger charge is -2.04. The summed E-state index contributed by atoms with van der Waals surface area (Å²) in [5.41, 5.74) is 6.20. The van der Waals surface area contributed by atoms with Gasteiger partial charge in [-0.15, -0.1) is 0 Å². The number of nitrogens with one attached hydrogen (secondary N) is 1. The van der Waals surface area contributed by atoms with Crippen LogP contribution in [0.3, 0.4) is 0 Å². The molecule has 0 fully saturated rings. The van der Waals surface area contributed by atoms with Gasteiger partial charge in [0.25, 0.3) is 0 Å². The standard InChI is InChI=1S/C10H11ClN2O/c1-14-10-3-2-7(6-8(10)11)9(13)4-5-12/h2-6,13H,12H2,1H3/b5-4-,13-9?. The summed E-state index contributed by atoms with van der Waals surface area (Å²) in [6.07, 6.45) is 2.82. The van der Waals surface area contributed by atoms with Gasteiger partial charge in [0.1, 0.15) is 5.75 Å². The molecule has 0 aliphatic heterocycles. The molecule has 0 spiro atoms. The Morgan fingerprint density at radius 1 is 1.57 bits per heavy atom. The number of hydrogen-bond donors (Lipinski definition) is 2. The average molecular weight is 211 g/mol. The zero-order valence-electron chi connectivity index (χ0n) is 7.75. The van der Waals surface area contributed by atoms with Gasteiger partial charge in [0.15, 0.2) is 0 Å². The van der Waals surface area contributed by atoms with Crippen LogP contribution >= 0.6 is 11.6 Å². The maximum Gasteiger partial charge on any atom is 0.137 e. The fourth-order valence-corrected chi connectivity index (χ4v) is 1.28. The highest BCUT2D eigenvalue weighted by Gasteiger charge is 2.03. The molecule has 0 saturated heterocycles. The van der Waals surface area contributed by atoms with Crippen LogP contribution in [0.2, 0.25) is 5.02 Å². The van der Waals surface area contributed by atoms with Crippen molar-refractivity contribution in [2.24, 2.45) is 5.73 Å². The molecule has 1 rings (SSSR count). The zero-order valence-corrected chi connectivity index (χ0v) is 8.51. The molecule has 0 atom stereocenters. The quantitative estimate of drug-likeness (QED) is 0.752. The monoisotopic (exact) mass is 210 g/mol. The minimum absolute atomic E-state index is 0.317. The maximum absolute atomic E-state index is 7.59. The van der Waals surface area contributed by atoms with Crippen LogP contribution in [-0.4, -0.2) is 12.8 Å². The van der Waals surface area contributed by atoms with Crippen LogP contribution in [0.4, 0.5) is 0 Å². The van der Waals surface area contributed by atoms with E-state index in [1.54, 1.807) is 25.3 Å². The van der Waals surface area contributed by atoms with Crippen LogP contribution in [0.25, 0.3) is 0 Å². The number of nitrogens with two attached hydrogens (primary N) is 1. The van der Waals surface area contributed by atoms with E-state index in [4.69, 9.17) is 27.5 Å². The van der Waals surface area contributed by atoms with Crippen LogP contribution in [0.1, 0.15) is 5.56 Å². The van der Waals surface area contributed by atoms with E-state index < -0.39 is 0 Å². The van der Waals surface area contributed by atoms with Gasteiger partial charge in [0, 0.05) is 5.56 Å². The van der Waals surface area contributed by atoms with Gasteiger partial charge in [-0.2, -0.15) is 0 Å². The summed E-state index contributed by atoms with van der Waals surface area (Å²) >= 11 is 5.90. The third kappa shape index (κ3) is 2.26. The van der Waals surface area contributed by atoms with Crippen molar-refractivity contribution in [1.82, 2.24) is 0 Å². The molecule has 0 unspecified atom stereocenters. The lowest BCUT2D eigenvalue weighted by atomic mass is 10.1. The van der Waals surface area contributed by atoms with Crippen LogP contribution in [-0.2, 0) is 0 Å². The van der Waals surface area contributed by atoms with Crippen LogP contribution in [0.5, 0.6) is 5.75 Å². The first kappa shape index (κ1) is 10.6. The molecule has 3 nitrogen and oxygen atoms in total. The molecule has 0 heterocycles. The molecular formula is C10H11ClN2O. The Kier molecular flexibility index (Phi) is 3.54. The molecule has 0 aromatic heterocycles. The Morgan fingerprint density at radius 2 is 2.29 bits per heavy atom. The van der Waals surface area contributed by atoms with Crippen molar-refractivity contribution < 1.29 is 4.74 Å².